The zero-order valence-corrected chi connectivity index (χ0v) is 12.6. The number of unbranched alkanes of at least 4 members (excludes halogenated alkanes) is 3. The normalized spacial score (nSPS) is 10.4. The Balaban J connectivity index is 2.63. The van der Waals surface area contributed by atoms with Gasteiger partial charge in [0, 0.05) is 0 Å². The molecule has 0 amide bonds. The maximum atomic E-state index is 9.13. The van der Waals surface area contributed by atoms with Crippen LogP contribution in [0, 0.1) is 0 Å². The third kappa shape index (κ3) is 4.50. The van der Waals surface area contributed by atoms with Crippen LogP contribution in [0.5, 0.6) is 11.5 Å². The van der Waals surface area contributed by atoms with E-state index in [9.17, 15) is 0 Å². The van der Waals surface area contributed by atoms with Crippen LogP contribution in [0.15, 0.2) is 16.6 Å². The molecule has 0 aliphatic rings. The molecular weight excluding hydrogens is 296 g/mol. The van der Waals surface area contributed by atoms with Gasteiger partial charge in [-0.05, 0) is 40.0 Å². The van der Waals surface area contributed by atoms with Crippen molar-refractivity contribution in [2.24, 2.45) is 0 Å². The van der Waals surface area contributed by atoms with E-state index >= 15 is 0 Å². The predicted molar refractivity (Wildman–Crippen MR) is 76.3 cm³/mol. The number of rotatable bonds is 8. The second-order valence-electron chi connectivity index (χ2n) is 4.18. The molecule has 0 atom stereocenters. The minimum atomic E-state index is -0.00819. The highest BCUT2D eigenvalue weighted by Crippen LogP contribution is 2.36. The minimum absolute atomic E-state index is 0.00819. The van der Waals surface area contributed by atoms with Gasteiger partial charge in [0.1, 0.15) is 0 Å². The van der Waals surface area contributed by atoms with Crippen LogP contribution in [-0.2, 0) is 6.61 Å². The van der Waals surface area contributed by atoms with Crippen molar-refractivity contribution in [2.75, 3.05) is 13.7 Å². The molecule has 0 fully saturated rings. The standard InChI is InChI=1S/C14H21BrO3/c1-3-4-5-6-7-18-14-12(15)8-11(10-16)9-13(14)17-2/h8-9,16H,3-7,10H2,1-2H3. The van der Waals surface area contributed by atoms with Crippen LogP contribution in [-0.4, -0.2) is 18.8 Å². The molecule has 0 bridgehead atoms. The van der Waals surface area contributed by atoms with Gasteiger partial charge < -0.3 is 14.6 Å². The summed E-state index contributed by atoms with van der Waals surface area (Å²) in [7, 11) is 1.60. The van der Waals surface area contributed by atoms with Crippen molar-refractivity contribution in [1.82, 2.24) is 0 Å². The molecular formula is C14H21BrO3. The smallest absolute Gasteiger partial charge is 0.175 e. The molecule has 0 saturated carbocycles. The van der Waals surface area contributed by atoms with Crippen molar-refractivity contribution < 1.29 is 14.6 Å². The van der Waals surface area contributed by atoms with Gasteiger partial charge in [-0.1, -0.05) is 26.2 Å². The third-order valence-electron chi connectivity index (χ3n) is 2.72. The molecule has 4 heteroatoms. The van der Waals surface area contributed by atoms with Crippen LogP contribution in [0.2, 0.25) is 0 Å². The Hall–Kier alpha value is -0.740. The first-order valence-electron chi connectivity index (χ1n) is 6.33. The van der Waals surface area contributed by atoms with Gasteiger partial charge in [0.2, 0.25) is 0 Å². The van der Waals surface area contributed by atoms with Crippen molar-refractivity contribution >= 4 is 15.9 Å². The van der Waals surface area contributed by atoms with Gasteiger partial charge in [-0.25, -0.2) is 0 Å². The van der Waals surface area contributed by atoms with Crippen molar-refractivity contribution in [2.45, 2.75) is 39.2 Å². The molecule has 0 spiro atoms. The fraction of sp³-hybridized carbons (Fsp3) is 0.571. The average molecular weight is 317 g/mol. The lowest BCUT2D eigenvalue weighted by Crippen LogP contribution is -2.01. The van der Waals surface area contributed by atoms with Gasteiger partial charge in [-0.2, -0.15) is 0 Å². The Morgan fingerprint density at radius 3 is 2.61 bits per heavy atom. The van der Waals surface area contributed by atoms with E-state index in [0.717, 1.165) is 16.5 Å². The Bertz CT molecular complexity index is 366. The first-order valence-corrected chi connectivity index (χ1v) is 7.12. The van der Waals surface area contributed by atoms with Gasteiger partial charge in [-0.15, -0.1) is 0 Å². The van der Waals surface area contributed by atoms with Crippen molar-refractivity contribution in [1.29, 1.82) is 0 Å². The molecule has 1 aromatic rings. The van der Waals surface area contributed by atoms with E-state index in [-0.39, 0.29) is 6.61 Å². The maximum Gasteiger partial charge on any atom is 0.175 e. The summed E-state index contributed by atoms with van der Waals surface area (Å²) >= 11 is 3.45. The Morgan fingerprint density at radius 1 is 1.22 bits per heavy atom. The number of halogens is 1. The second-order valence-corrected chi connectivity index (χ2v) is 5.03. The van der Waals surface area contributed by atoms with Crippen LogP contribution >= 0.6 is 15.9 Å². The number of ether oxygens (including phenoxy) is 2. The zero-order valence-electron chi connectivity index (χ0n) is 11.0. The summed E-state index contributed by atoms with van der Waals surface area (Å²) < 4.78 is 11.9. The molecule has 0 aromatic heterocycles. The summed E-state index contributed by atoms with van der Waals surface area (Å²) in [6.07, 6.45) is 4.69. The number of benzene rings is 1. The lowest BCUT2D eigenvalue weighted by molar-refractivity contribution is 0.273. The van der Waals surface area contributed by atoms with E-state index in [4.69, 9.17) is 14.6 Å². The van der Waals surface area contributed by atoms with Crippen LogP contribution in [0.1, 0.15) is 38.2 Å². The first kappa shape index (κ1) is 15.3. The fourth-order valence-corrected chi connectivity index (χ4v) is 2.31. The Morgan fingerprint density at radius 2 is 2.00 bits per heavy atom. The lowest BCUT2D eigenvalue weighted by Gasteiger charge is -2.13. The summed E-state index contributed by atoms with van der Waals surface area (Å²) in [5, 5.41) is 9.13. The first-order chi connectivity index (χ1) is 8.72. The molecule has 0 radical (unpaired) electrons. The summed E-state index contributed by atoms with van der Waals surface area (Å²) in [5.74, 6) is 1.37. The summed E-state index contributed by atoms with van der Waals surface area (Å²) in [5.41, 5.74) is 0.803. The molecule has 102 valence electrons. The zero-order chi connectivity index (χ0) is 13.4. The van der Waals surface area contributed by atoms with Crippen molar-refractivity contribution in [3.05, 3.63) is 22.2 Å². The van der Waals surface area contributed by atoms with Crippen LogP contribution < -0.4 is 9.47 Å². The van der Waals surface area contributed by atoms with E-state index in [1.54, 1.807) is 13.2 Å². The monoisotopic (exact) mass is 316 g/mol. The van der Waals surface area contributed by atoms with E-state index < -0.39 is 0 Å². The Labute approximate surface area is 117 Å². The van der Waals surface area contributed by atoms with E-state index in [1.165, 1.54) is 19.3 Å². The number of aliphatic hydroxyl groups is 1. The van der Waals surface area contributed by atoms with Gasteiger partial charge in [0.15, 0.2) is 11.5 Å². The summed E-state index contributed by atoms with van der Waals surface area (Å²) in [4.78, 5) is 0. The number of methoxy groups -OCH3 is 1. The molecule has 3 nitrogen and oxygen atoms in total. The number of hydrogen-bond acceptors (Lipinski definition) is 3. The largest absolute Gasteiger partial charge is 0.493 e. The third-order valence-corrected chi connectivity index (χ3v) is 3.31. The van der Waals surface area contributed by atoms with Crippen molar-refractivity contribution in [3.63, 3.8) is 0 Å². The minimum Gasteiger partial charge on any atom is -0.493 e. The highest BCUT2D eigenvalue weighted by molar-refractivity contribution is 9.10. The highest BCUT2D eigenvalue weighted by atomic mass is 79.9. The predicted octanol–water partition coefficient (Wildman–Crippen LogP) is 3.91. The second kappa shape index (κ2) is 8.38. The van der Waals surface area contributed by atoms with Gasteiger partial charge in [0.05, 0.1) is 24.8 Å². The average Bonchev–Trinajstić information content (AvgIpc) is 2.39. The van der Waals surface area contributed by atoms with Crippen molar-refractivity contribution in [3.8, 4) is 11.5 Å². The van der Waals surface area contributed by atoms with Crippen LogP contribution in [0.4, 0.5) is 0 Å². The topological polar surface area (TPSA) is 38.7 Å². The Kier molecular flexibility index (Phi) is 7.13. The molecule has 18 heavy (non-hydrogen) atoms. The van der Waals surface area contributed by atoms with E-state index in [1.807, 2.05) is 6.07 Å². The number of aliphatic hydroxyl groups excluding tert-OH is 1. The molecule has 1 N–H and O–H groups in total. The number of hydrogen-bond donors (Lipinski definition) is 1. The van der Waals surface area contributed by atoms with Gasteiger partial charge >= 0.3 is 0 Å². The molecule has 0 aliphatic carbocycles. The summed E-state index contributed by atoms with van der Waals surface area (Å²) in [6.45, 7) is 2.87. The van der Waals surface area contributed by atoms with Gasteiger partial charge in [-0.3, -0.25) is 0 Å². The quantitative estimate of drug-likeness (QED) is 0.739. The lowest BCUT2D eigenvalue weighted by atomic mass is 10.2. The van der Waals surface area contributed by atoms with Crippen LogP contribution in [0.25, 0.3) is 0 Å². The fourth-order valence-electron chi connectivity index (χ4n) is 1.71. The molecule has 0 heterocycles. The van der Waals surface area contributed by atoms with Crippen LogP contribution in [0.3, 0.4) is 0 Å². The highest BCUT2D eigenvalue weighted by Gasteiger charge is 2.11. The summed E-state index contributed by atoms with van der Waals surface area (Å²) in [6, 6.07) is 3.65. The van der Waals surface area contributed by atoms with E-state index in [0.29, 0.717) is 18.1 Å². The van der Waals surface area contributed by atoms with E-state index in [2.05, 4.69) is 22.9 Å². The maximum absolute atomic E-state index is 9.13. The molecule has 0 saturated heterocycles. The molecule has 1 rings (SSSR count). The SMILES string of the molecule is CCCCCCOc1c(Br)cc(CO)cc1OC. The molecule has 1 aromatic carbocycles. The van der Waals surface area contributed by atoms with Gasteiger partial charge in [0.25, 0.3) is 0 Å². The molecule has 0 unspecified atom stereocenters. The molecule has 0 aliphatic heterocycles.